The second-order valence-electron chi connectivity index (χ2n) is 4.01. The summed E-state index contributed by atoms with van der Waals surface area (Å²) >= 11 is 0. The predicted molar refractivity (Wildman–Crippen MR) is 50.6 cm³/mol. The summed E-state index contributed by atoms with van der Waals surface area (Å²) in [7, 11) is 1.58. The largest absolute Gasteiger partial charge is 0.388 e. The van der Waals surface area contributed by atoms with Crippen molar-refractivity contribution in [1.82, 2.24) is 0 Å². The molecule has 1 rings (SSSR count). The van der Waals surface area contributed by atoms with Gasteiger partial charge in [-0.1, -0.05) is 0 Å². The van der Waals surface area contributed by atoms with E-state index in [-0.39, 0.29) is 0 Å². The van der Waals surface area contributed by atoms with E-state index in [9.17, 15) is 5.11 Å². The summed E-state index contributed by atoms with van der Waals surface area (Å²) in [5, 5.41) is 19.3. The molecule has 1 saturated heterocycles. The molecule has 2 atom stereocenters. The van der Waals surface area contributed by atoms with Crippen LogP contribution in [0.4, 0.5) is 0 Å². The fourth-order valence-corrected chi connectivity index (χ4v) is 1.74. The van der Waals surface area contributed by atoms with Gasteiger partial charge in [-0.05, 0) is 13.3 Å². The Labute approximate surface area is 84.4 Å². The Balaban J connectivity index is 2.72. The Morgan fingerprint density at radius 1 is 1.71 bits per heavy atom. The molecule has 0 aliphatic carbocycles. The van der Waals surface area contributed by atoms with Crippen molar-refractivity contribution in [3.05, 3.63) is 0 Å². The number of nitrogens with zero attached hydrogens (tertiary/aromatic N) is 1. The quantitative estimate of drug-likeness (QED) is 0.724. The zero-order chi connectivity index (χ0) is 10.7. The first kappa shape index (κ1) is 11.4. The minimum absolute atomic E-state index is 0.320. The van der Waals surface area contributed by atoms with Gasteiger partial charge in [0.1, 0.15) is 5.41 Å². The van der Waals surface area contributed by atoms with Crippen molar-refractivity contribution in [2.24, 2.45) is 5.41 Å². The number of ether oxygens (including phenoxy) is 2. The van der Waals surface area contributed by atoms with Gasteiger partial charge in [0.25, 0.3) is 0 Å². The van der Waals surface area contributed by atoms with E-state index in [1.807, 2.05) is 0 Å². The van der Waals surface area contributed by atoms with Crippen molar-refractivity contribution in [2.45, 2.75) is 25.4 Å². The Bertz CT molecular complexity index is 226. The van der Waals surface area contributed by atoms with Gasteiger partial charge in [-0.3, -0.25) is 0 Å². The third-order valence-electron chi connectivity index (χ3n) is 3.06. The van der Waals surface area contributed by atoms with Crippen LogP contribution in [0.2, 0.25) is 0 Å². The summed E-state index contributed by atoms with van der Waals surface area (Å²) < 4.78 is 10.1. The highest BCUT2D eigenvalue weighted by Gasteiger charge is 2.50. The fourth-order valence-electron chi connectivity index (χ4n) is 1.74. The van der Waals surface area contributed by atoms with Crippen LogP contribution in [0.5, 0.6) is 0 Å². The van der Waals surface area contributed by atoms with Crippen LogP contribution in [0.15, 0.2) is 0 Å². The summed E-state index contributed by atoms with van der Waals surface area (Å²) in [5.74, 6) is 0. The van der Waals surface area contributed by atoms with Crippen LogP contribution in [0, 0.1) is 16.7 Å². The van der Waals surface area contributed by atoms with Gasteiger partial charge >= 0.3 is 0 Å². The maximum absolute atomic E-state index is 10.2. The SMILES string of the molecule is COCCC(C)(O)C1(C#N)CCOC1. The first-order valence-corrected chi connectivity index (χ1v) is 4.78. The zero-order valence-electron chi connectivity index (χ0n) is 8.75. The normalized spacial score (nSPS) is 31.0. The molecule has 0 aromatic heterocycles. The maximum Gasteiger partial charge on any atom is 0.111 e. The number of nitriles is 1. The number of hydrogen-bond donors (Lipinski definition) is 1. The van der Waals surface area contributed by atoms with Gasteiger partial charge in [0.05, 0.1) is 18.3 Å². The smallest absolute Gasteiger partial charge is 0.111 e. The molecular formula is C10H17NO3. The third kappa shape index (κ3) is 1.90. The van der Waals surface area contributed by atoms with Gasteiger partial charge in [0, 0.05) is 26.7 Å². The molecule has 14 heavy (non-hydrogen) atoms. The van der Waals surface area contributed by atoms with Gasteiger partial charge in [-0.25, -0.2) is 0 Å². The van der Waals surface area contributed by atoms with E-state index in [1.54, 1.807) is 14.0 Å². The zero-order valence-corrected chi connectivity index (χ0v) is 8.75. The van der Waals surface area contributed by atoms with Crippen molar-refractivity contribution in [3.63, 3.8) is 0 Å². The van der Waals surface area contributed by atoms with Crippen LogP contribution in [0.3, 0.4) is 0 Å². The summed E-state index contributed by atoms with van der Waals surface area (Å²) in [6.45, 7) is 3.01. The summed E-state index contributed by atoms with van der Waals surface area (Å²) in [5.41, 5.74) is -1.79. The van der Waals surface area contributed by atoms with E-state index in [4.69, 9.17) is 14.7 Å². The fraction of sp³-hybridized carbons (Fsp3) is 0.900. The molecule has 1 N–H and O–H groups in total. The monoisotopic (exact) mass is 199 g/mol. The van der Waals surface area contributed by atoms with Crippen LogP contribution >= 0.6 is 0 Å². The minimum atomic E-state index is -1.03. The Morgan fingerprint density at radius 2 is 2.43 bits per heavy atom. The molecule has 80 valence electrons. The van der Waals surface area contributed by atoms with Crippen molar-refractivity contribution in [1.29, 1.82) is 5.26 Å². The molecule has 1 fully saturated rings. The highest BCUT2D eigenvalue weighted by molar-refractivity contribution is 5.11. The molecule has 4 nitrogen and oxygen atoms in total. The van der Waals surface area contributed by atoms with E-state index < -0.39 is 11.0 Å². The molecule has 0 amide bonds. The minimum Gasteiger partial charge on any atom is -0.388 e. The van der Waals surface area contributed by atoms with E-state index >= 15 is 0 Å². The van der Waals surface area contributed by atoms with Crippen LogP contribution in [0.25, 0.3) is 0 Å². The Hall–Kier alpha value is -0.630. The molecule has 0 aromatic carbocycles. The first-order chi connectivity index (χ1) is 6.58. The lowest BCUT2D eigenvalue weighted by Crippen LogP contribution is -2.46. The van der Waals surface area contributed by atoms with Crippen molar-refractivity contribution >= 4 is 0 Å². The molecule has 1 heterocycles. The van der Waals surface area contributed by atoms with E-state index in [0.717, 1.165) is 0 Å². The lowest BCUT2D eigenvalue weighted by molar-refractivity contribution is -0.0613. The highest BCUT2D eigenvalue weighted by atomic mass is 16.5. The lowest BCUT2D eigenvalue weighted by Gasteiger charge is -2.35. The second-order valence-corrected chi connectivity index (χ2v) is 4.01. The lowest BCUT2D eigenvalue weighted by atomic mass is 9.72. The van der Waals surface area contributed by atoms with Crippen LogP contribution in [-0.2, 0) is 9.47 Å². The molecular weight excluding hydrogens is 182 g/mol. The predicted octanol–water partition coefficient (Wildman–Crippen LogP) is 0.704. The van der Waals surface area contributed by atoms with Crippen LogP contribution in [0.1, 0.15) is 19.8 Å². The standard InChI is InChI=1S/C10H17NO3/c1-9(12,3-5-13-2)10(7-11)4-6-14-8-10/h12H,3-6,8H2,1-2H3. The third-order valence-corrected chi connectivity index (χ3v) is 3.06. The van der Waals surface area contributed by atoms with Gasteiger partial charge in [0.15, 0.2) is 0 Å². The van der Waals surface area contributed by atoms with Crippen molar-refractivity contribution < 1.29 is 14.6 Å². The Kier molecular flexibility index (Phi) is 3.48. The number of hydrogen-bond acceptors (Lipinski definition) is 4. The van der Waals surface area contributed by atoms with Gasteiger partial charge in [-0.2, -0.15) is 5.26 Å². The summed E-state index contributed by atoms with van der Waals surface area (Å²) in [6.07, 6.45) is 1.06. The van der Waals surface area contributed by atoms with E-state index in [0.29, 0.717) is 32.7 Å². The average molecular weight is 199 g/mol. The van der Waals surface area contributed by atoms with Crippen LogP contribution in [-0.4, -0.2) is 37.6 Å². The molecule has 1 aliphatic heterocycles. The first-order valence-electron chi connectivity index (χ1n) is 4.78. The molecule has 0 radical (unpaired) electrons. The molecule has 0 aromatic rings. The van der Waals surface area contributed by atoms with E-state index in [2.05, 4.69) is 6.07 Å². The van der Waals surface area contributed by atoms with Gasteiger partial charge in [-0.15, -0.1) is 0 Å². The van der Waals surface area contributed by atoms with Crippen LogP contribution < -0.4 is 0 Å². The number of aliphatic hydroxyl groups is 1. The molecule has 0 spiro atoms. The number of rotatable bonds is 4. The summed E-state index contributed by atoms with van der Waals surface area (Å²) in [6, 6.07) is 2.20. The number of methoxy groups -OCH3 is 1. The second kappa shape index (κ2) is 4.26. The summed E-state index contributed by atoms with van der Waals surface area (Å²) in [4.78, 5) is 0. The van der Waals surface area contributed by atoms with E-state index in [1.165, 1.54) is 0 Å². The average Bonchev–Trinajstić information content (AvgIpc) is 2.64. The van der Waals surface area contributed by atoms with Gasteiger partial charge < -0.3 is 14.6 Å². The molecule has 4 heteroatoms. The Morgan fingerprint density at radius 3 is 2.86 bits per heavy atom. The highest BCUT2D eigenvalue weighted by Crippen LogP contribution is 2.40. The molecule has 2 unspecified atom stereocenters. The van der Waals surface area contributed by atoms with Crippen molar-refractivity contribution in [3.8, 4) is 6.07 Å². The van der Waals surface area contributed by atoms with Gasteiger partial charge in [0.2, 0.25) is 0 Å². The molecule has 1 aliphatic rings. The molecule has 0 saturated carbocycles. The molecule has 0 bridgehead atoms. The topological polar surface area (TPSA) is 62.5 Å². The maximum atomic E-state index is 10.2. The van der Waals surface area contributed by atoms with Crippen molar-refractivity contribution in [2.75, 3.05) is 26.9 Å².